The Balaban J connectivity index is 2.86. The van der Waals surface area contributed by atoms with Gasteiger partial charge in [-0.25, -0.2) is 0 Å². The number of carbonyl (C=O) groups excluding carboxylic acids is 1. The third kappa shape index (κ3) is 2.32. The van der Waals surface area contributed by atoms with Gasteiger partial charge in [-0.05, 0) is 26.8 Å². The van der Waals surface area contributed by atoms with Crippen molar-refractivity contribution in [1.29, 1.82) is 0 Å². The largest absolute Gasteiger partial charge is 0.468 e. The molecule has 4 heteroatoms. The summed E-state index contributed by atoms with van der Waals surface area (Å²) in [6.07, 6.45) is 2.23. The Morgan fingerprint density at radius 2 is 2.27 bits per heavy atom. The Bertz CT molecular complexity index is 244. The van der Waals surface area contributed by atoms with Crippen LogP contribution in [0.25, 0.3) is 0 Å². The van der Waals surface area contributed by atoms with E-state index in [2.05, 4.69) is 12.2 Å². The van der Waals surface area contributed by atoms with Crippen LogP contribution in [-0.2, 0) is 14.3 Å². The Hall–Kier alpha value is -0.610. The van der Waals surface area contributed by atoms with Crippen LogP contribution in [0.2, 0.25) is 0 Å². The fourth-order valence-electron chi connectivity index (χ4n) is 2.16. The second-order valence-electron chi connectivity index (χ2n) is 4.40. The van der Waals surface area contributed by atoms with Crippen molar-refractivity contribution in [2.75, 3.05) is 20.8 Å². The van der Waals surface area contributed by atoms with E-state index in [9.17, 15) is 4.79 Å². The van der Waals surface area contributed by atoms with E-state index in [4.69, 9.17) is 9.47 Å². The Kier molecular flexibility index (Phi) is 3.73. The molecule has 1 rings (SSSR count). The summed E-state index contributed by atoms with van der Waals surface area (Å²) in [5, 5.41) is 3.10. The van der Waals surface area contributed by atoms with E-state index >= 15 is 0 Å². The molecule has 88 valence electrons. The molecule has 1 aliphatic heterocycles. The number of hydrogen-bond donors (Lipinski definition) is 1. The minimum atomic E-state index is -0.572. The van der Waals surface area contributed by atoms with Gasteiger partial charge in [0.25, 0.3) is 0 Å². The minimum absolute atomic E-state index is 0.187. The number of methoxy groups -OCH3 is 1. The highest BCUT2D eigenvalue weighted by Crippen LogP contribution is 2.34. The van der Waals surface area contributed by atoms with Gasteiger partial charge in [0, 0.05) is 13.0 Å². The summed E-state index contributed by atoms with van der Waals surface area (Å²) in [4.78, 5) is 11.8. The molecule has 0 bridgehead atoms. The number of ether oxygens (including phenoxy) is 2. The van der Waals surface area contributed by atoms with E-state index in [0.29, 0.717) is 19.4 Å². The fraction of sp³-hybridized carbons (Fsp3) is 0.909. The average molecular weight is 215 g/mol. The van der Waals surface area contributed by atoms with Crippen LogP contribution in [0.4, 0.5) is 0 Å². The van der Waals surface area contributed by atoms with Crippen LogP contribution >= 0.6 is 0 Å². The lowest BCUT2D eigenvalue weighted by Crippen LogP contribution is -2.59. The lowest BCUT2D eigenvalue weighted by Gasteiger charge is -2.44. The van der Waals surface area contributed by atoms with Crippen LogP contribution in [0.15, 0.2) is 0 Å². The highest BCUT2D eigenvalue weighted by molar-refractivity contribution is 5.81. The number of esters is 1. The molecular weight excluding hydrogens is 194 g/mol. The first-order chi connectivity index (χ1) is 7.02. The van der Waals surface area contributed by atoms with Crippen molar-refractivity contribution in [3.8, 4) is 0 Å². The molecule has 0 aliphatic carbocycles. The Morgan fingerprint density at radius 3 is 2.73 bits per heavy atom. The van der Waals surface area contributed by atoms with Crippen molar-refractivity contribution < 1.29 is 14.3 Å². The van der Waals surface area contributed by atoms with Crippen LogP contribution in [0, 0.1) is 0 Å². The minimum Gasteiger partial charge on any atom is -0.468 e. The van der Waals surface area contributed by atoms with Gasteiger partial charge in [0.05, 0.1) is 12.7 Å². The lowest BCUT2D eigenvalue weighted by atomic mass is 9.79. The van der Waals surface area contributed by atoms with Gasteiger partial charge < -0.3 is 14.8 Å². The third-order valence-corrected chi connectivity index (χ3v) is 3.46. The normalized spacial score (nSPS) is 36.3. The smallest absolute Gasteiger partial charge is 0.326 e. The second kappa shape index (κ2) is 4.49. The SMILES string of the molecule is CCC1(C)CC(NC)(C(=O)OC)CCO1. The third-order valence-electron chi connectivity index (χ3n) is 3.46. The molecule has 15 heavy (non-hydrogen) atoms. The van der Waals surface area contributed by atoms with E-state index < -0.39 is 5.54 Å². The molecule has 2 atom stereocenters. The average Bonchev–Trinajstić information content (AvgIpc) is 2.27. The highest BCUT2D eigenvalue weighted by atomic mass is 16.5. The number of hydrogen-bond acceptors (Lipinski definition) is 4. The molecular formula is C11H21NO3. The van der Waals surface area contributed by atoms with Crippen LogP contribution in [-0.4, -0.2) is 37.9 Å². The van der Waals surface area contributed by atoms with Gasteiger partial charge in [-0.15, -0.1) is 0 Å². The maximum absolute atomic E-state index is 11.8. The maximum atomic E-state index is 11.8. The first-order valence-electron chi connectivity index (χ1n) is 5.43. The van der Waals surface area contributed by atoms with Crippen LogP contribution in [0.1, 0.15) is 33.1 Å². The molecule has 1 saturated heterocycles. The molecule has 0 amide bonds. The second-order valence-corrected chi connectivity index (χ2v) is 4.40. The molecule has 0 saturated carbocycles. The number of nitrogens with one attached hydrogen (secondary N) is 1. The molecule has 4 nitrogen and oxygen atoms in total. The summed E-state index contributed by atoms with van der Waals surface area (Å²) in [7, 11) is 3.23. The van der Waals surface area contributed by atoms with Gasteiger partial charge in [0.2, 0.25) is 0 Å². The first-order valence-corrected chi connectivity index (χ1v) is 5.43. The molecule has 0 aromatic rings. The standard InChI is InChI=1S/C11H21NO3/c1-5-10(2)8-11(12-3,6-7-15-10)9(13)14-4/h12H,5-8H2,1-4H3. The summed E-state index contributed by atoms with van der Waals surface area (Å²) in [6.45, 7) is 4.71. The zero-order valence-electron chi connectivity index (χ0n) is 10.1. The predicted molar refractivity (Wildman–Crippen MR) is 57.7 cm³/mol. The molecule has 0 aromatic heterocycles. The summed E-state index contributed by atoms with van der Waals surface area (Å²) in [5.41, 5.74) is -0.798. The quantitative estimate of drug-likeness (QED) is 0.716. The Morgan fingerprint density at radius 1 is 1.60 bits per heavy atom. The first kappa shape index (κ1) is 12.5. The van der Waals surface area contributed by atoms with E-state index in [1.54, 1.807) is 7.05 Å². The Labute approximate surface area is 91.3 Å². The van der Waals surface area contributed by atoms with Gasteiger partial charge in [0.15, 0.2) is 0 Å². The van der Waals surface area contributed by atoms with Crippen LogP contribution in [0.3, 0.4) is 0 Å². The molecule has 1 heterocycles. The maximum Gasteiger partial charge on any atom is 0.326 e. The summed E-state index contributed by atoms with van der Waals surface area (Å²) in [6, 6.07) is 0. The van der Waals surface area contributed by atoms with Gasteiger partial charge in [-0.2, -0.15) is 0 Å². The van der Waals surface area contributed by atoms with Gasteiger partial charge in [0.1, 0.15) is 5.54 Å². The highest BCUT2D eigenvalue weighted by Gasteiger charge is 2.47. The predicted octanol–water partition coefficient (Wildman–Crippen LogP) is 1.10. The number of likely N-dealkylation sites (N-methyl/N-ethyl adjacent to an activating group) is 1. The van der Waals surface area contributed by atoms with Crippen LogP contribution in [0.5, 0.6) is 0 Å². The van der Waals surface area contributed by atoms with E-state index in [0.717, 1.165) is 6.42 Å². The molecule has 2 unspecified atom stereocenters. The van der Waals surface area contributed by atoms with Crippen molar-refractivity contribution in [3.63, 3.8) is 0 Å². The number of rotatable bonds is 3. The molecule has 1 aliphatic rings. The van der Waals surface area contributed by atoms with Crippen molar-refractivity contribution in [2.45, 2.75) is 44.2 Å². The van der Waals surface area contributed by atoms with Gasteiger partial charge >= 0.3 is 5.97 Å². The lowest BCUT2D eigenvalue weighted by molar-refractivity contribution is -0.163. The summed E-state index contributed by atoms with van der Waals surface area (Å²) < 4.78 is 10.6. The van der Waals surface area contributed by atoms with Crippen LogP contribution < -0.4 is 5.32 Å². The van der Waals surface area contributed by atoms with Crippen molar-refractivity contribution in [1.82, 2.24) is 5.32 Å². The molecule has 0 radical (unpaired) electrons. The van der Waals surface area contributed by atoms with Crippen molar-refractivity contribution in [2.24, 2.45) is 0 Å². The van der Waals surface area contributed by atoms with Gasteiger partial charge in [-0.1, -0.05) is 6.92 Å². The zero-order valence-corrected chi connectivity index (χ0v) is 10.1. The fourth-order valence-corrected chi connectivity index (χ4v) is 2.16. The monoisotopic (exact) mass is 215 g/mol. The van der Waals surface area contributed by atoms with Gasteiger partial charge in [-0.3, -0.25) is 4.79 Å². The number of carbonyl (C=O) groups is 1. The summed E-state index contributed by atoms with van der Waals surface area (Å²) in [5.74, 6) is -0.187. The molecule has 0 aromatic carbocycles. The van der Waals surface area contributed by atoms with E-state index in [1.165, 1.54) is 7.11 Å². The topological polar surface area (TPSA) is 47.6 Å². The van der Waals surface area contributed by atoms with Crippen molar-refractivity contribution >= 4 is 5.97 Å². The molecule has 1 N–H and O–H groups in total. The van der Waals surface area contributed by atoms with E-state index in [-0.39, 0.29) is 11.6 Å². The van der Waals surface area contributed by atoms with Crippen molar-refractivity contribution in [3.05, 3.63) is 0 Å². The molecule has 1 fully saturated rings. The summed E-state index contributed by atoms with van der Waals surface area (Å²) >= 11 is 0. The van der Waals surface area contributed by atoms with E-state index in [1.807, 2.05) is 6.92 Å². The zero-order chi connectivity index (χ0) is 11.5. The molecule has 0 spiro atoms.